The molecule has 2 rings (SSSR count). The predicted octanol–water partition coefficient (Wildman–Crippen LogP) is 3.39. The molecule has 3 N–H and O–H groups in total. The number of hydrogen-bond donors (Lipinski definition) is 2. The summed E-state index contributed by atoms with van der Waals surface area (Å²) in [7, 11) is 0. The number of halogens is 1. The first-order valence-corrected chi connectivity index (χ1v) is 8.94. The molecule has 1 aromatic rings. The van der Waals surface area contributed by atoms with Gasteiger partial charge in [0.1, 0.15) is 0 Å². The Labute approximate surface area is 164 Å². The maximum atomic E-state index is 5.99. The lowest BCUT2D eigenvalue weighted by Crippen LogP contribution is -2.42. The number of guanidine groups is 1. The van der Waals surface area contributed by atoms with Gasteiger partial charge in [-0.25, -0.2) is 0 Å². The van der Waals surface area contributed by atoms with Crippen LogP contribution in [-0.2, 0) is 13.0 Å². The van der Waals surface area contributed by atoms with E-state index in [0.717, 1.165) is 45.4 Å². The monoisotopic (exact) mass is 444 g/mol. The lowest BCUT2D eigenvalue weighted by Gasteiger charge is -2.34. The summed E-state index contributed by atoms with van der Waals surface area (Å²) in [5.74, 6) is 1.27. The minimum Gasteiger partial charge on any atom is -0.370 e. The summed E-state index contributed by atoms with van der Waals surface area (Å²) in [5.41, 5.74) is 8.95. The summed E-state index contributed by atoms with van der Waals surface area (Å²) in [6.45, 7) is 10.5. The van der Waals surface area contributed by atoms with Crippen LogP contribution in [0, 0.1) is 5.92 Å². The highest BCUT2D eigenvalue weighted by atomic mass is 127. The smallest absolute Gasteiger partial charge is 0.188 e. The van der Waals surface area contributed by atoms with Gasteiger partial charge in [-0.15, -0.1) is 24.0 Å². The van der Waals surface area contributed by atoms with Crippen molar-refractivity contribution < 1.29 is 0 Å². The Bertz CT molecular complexity index is 516. The van der Waals surface area contributed by atoms with Gasteiger partial charge in [-0.05, 0) is 36.3 Å². The predicted molar refractivity (Wildman–Crippen MR) is 114 cm³/mol. The highest BCUT2D eigenvalue weighted by Gasteiger charge is 2.21. The van der Waals surface area contributed by atoms with Gasteiger partial charge in [0.05, 0.1) is 6.54 Å². The average molecular weight is 444 g/mol. The molecule has 1 unspecified atom stereocenters. The third kappa shape index (κ3) is 6.59. The second-order valence-corrected chi connectivity index (χ2v) is 6.89. The van der Waals surface area contributed by atoms with Gasteiger partial charge in [0.15, 0.2) is 5.96 Å². The van der Waals surface area contributed by atoms with Gasteiger partial charge in [-0.3, -0.25) is 9.89 Å². The molecule has 4 nitrogen and oxygen atoms in total. The van der Waals surface area contributed by atoms with Gasteiger partial charge in [0.2, 0.25) is 0 Å². The fraction of sp³-hybridized carbons (Fsp3) is 0.632. The van der Waals surface area contributed by atoms with Gasteiger partial charge in [0, 0.05) is 25.7 Å². The molecule has 0 radical (unpaired) electrons. The minimum atomic E-state index is 0. The highest BCUT2D eigenvalue weighted by molar-refractivity contribution is 14.0. The van der Waals surface area contributed by atoms with Crippen LogP contribution in [0.2, 0.25) is 0 Å². The molecular formula is C19H33IN4. The van der Waals surface area contributed by atoms with Gasteiger partial charge < -0.3 is 11.1 Å². The van der Waals surface area contributed by atoms with E-state index in [4.69, 9.17) is 5.73 Å². The van der Waals surface area contributed by atoms with Crippen LogP contribution in [0.15, 0.2) is 29.3 Å². The SMILES string of the molecule is CCC(CN=C(N)NCCC(C)C)N1CCc2ccccc2C1.I. The Balaban J connectivity index is 0.00000288. The van der Waals surface area contributed by atoms with Crippen molar-refractivity contribution in [1.82, 2.24) is 10.2 Å². The molecule has 1 heterocycles. The third-order valence-corrected chi connectivity index (χ3v) is 4.65. The molecular weight excluding hydrogens is 411 g/mol. The number of benzene rings is 1. The van der Waals surface area contributed by atoms with Crippen molar-refractivity contribution in [2.24, 2.45) is 16.6 Å². The molecule has 0 saturated heterocycles. The van der Waals surface area contributed by atoms with Crippen LogP contribution in [-0.4, -0.2) is 36.5 Å². The minimum absolute atomic E-state index is 0. The molecule has 1 aliphatic rings. The highest BCUT2D eigenvalue weighted by Crippen LogP contribution is 2.21. The zero-order valence-corrected chi connectivity index (χ0v) is 17.6. The summed E-state index contributed by atoms with van der Waals surface area (Å²) in [6, 6.07) is 9.24. The molecule has 0 spiro atoms. The van der Waals surface area contributed by atoms with Crippen LogP contribution in [0.4, 0.5) is 0 Å². The van der Waals surface area contributed by atoms with Crippen LogP contribution in [0.1, 0.15) is 44.7 Å². The number of nitrogens with one attached hydrogen (secondary N) is 1. The Kier molecular flexibility index (Phi) is 9.66. The van der Waals surface area contributed by atoms with Gasteiger partial charge in [0.25, 0.3) is 0 Å². The van der Waals surface area contributed by atoms with Crippen LogP contribution in [0.25, 0.3) is 0 Å². The van der Waals surface area contributed by atoms with Crippen molar-refractivity contribution in [3.05, 3.63) is 35.4 Å². The van der Waals surface area contributed by atoms with Gasteiger partial charge >= 0.3 is 0 Å². The number of nitrogens with two attached hydrogens (primary N) is 1. The molecule has 136 valence electrons. The largest absolute Gasteiger partial charge is 0.370 e. The van der Waals surface area contributed by atoms with E-state index in [2.05, 4.69) is 60.2 Å². The van der Waals surface area contributed by atoms with Crippen LogP contribution in [0.5, 0.6) is 0 Å². The zero-order chi connectivity index (χ0) is 16.7. The van der Waals surface area contributed by atoms with E-state index in [1.807, 2.05) is 0 Å². The van der Waals surface area contributed by atoms with Crippen molar-refractivity contribution in [1.29, 1.82) is 0 Å². The Hall–Kier alpha value is -0.820. The summed E-state index contributed by atoms with van der Waals surface area (Å²) in [5, 5.41) is 3.22. The molecule has 0 saturated carbocycles. The number of aliphatic imine (C=N–C) groups is 1. The van der Waals surface area contributed by atoms with Crippen molar-refractivity contribution in [2.45, 2.75) is 52.6 Å². The molecule has 0 amide bonds. The van der Waals surface area contributed by atoms with Crippen molar-refractivity contribution >= 4 is 29.9 Å². The first-order chi connectivity index (χ1) is 11.1. The van der Waals surface area contributed by atoms with E-state index in [9.17, 15) is 0 Å². The Morgan fingerprint density at radius 1 is 1.29 bits per heavy atom. The van der Waals surface area contributed by atoms with Gasteiger partial charge in [-0.2, -0.15) is 0 Å². The van der Waals surface area contributed by atoms with E-state index in [-0.39, 0.29) is 24.0 Å². The third-order valence-electron chi connectivity index (χ3n) is 4.65. The zero-order valence-electron chi connectivity index (χ0n) is 15.3. The number of nitrogens with zero attached hydrogens (tertiary/aromatic N) is 2. The number of fused-ring (bicyclic) bond motifs is 1. The molecule has 1 aromatic carbocycles. The first kappa shape index (κ1) is 21.2. The second kappa shape index (κ2) is 10.9. The van der Waals surface area contributed by atoms with E-state index in [0.29, 0.717) is 17.9 Å². The fourth-order valence-electron chi connectivity index (χ4n) is 3.08. The van der Waals surface area contributed by atoms with E-state index in [1.165, 1.54) is 11.1 Å². The van der Waals surface area contributed by atoms with Crippen LogP contribution >= 0.6 is 24.0 Å². The number of hydrogen-bond acceptors (Lipinski definition) is 2. The maximum absolute atomic E-state index is 5.99. The van der Waals surface area contributed by atoms with Crippen molar-refractivity contribution in [3.63, 3.8) is 0 Å². The molecule has 0 aromatic heterocycles. The van der Waals surface area contributed by atoms with E-state index >= 15 is 0 Å². The molecule has 24 heavy (non-hydrogen) atoms. The fourth-order valence-corrected chi connectivity index (χ4v) is 3.08. The molecule has 1 aliphatic heterocycles. The summed E-state index contributed by atoms with van der Waals surface area (Å²) < 4.78 is 0. The molecule has 5 heteroatoms. The standard InChI is InChI=1S/C19H32N4.HI/c1-4-18(13-22-19(20)21-11-9-15(2)3)23-12-10-16-7-5-6-8-17(16)14-23;/h5-8,15,18H,4,9-14H2,1-3H3,(H3,20,21,22);1H. The second-order valence-electron chi connectivity index (χ2n) is 6.89. The van der Waals surface area contributed by atoms with Crippen molar-refractivity contribution in [2.75, 3.05) is 19.6 Å². The van der Waals surface area contributed by atoms with Gasteiger partial charge in [-0.1, -0.05) is 45.0 Å². The Morgan fingerprint density at radius 2 is 2.00 bits per heavy atom. The molecule has 0 fully saturated rings. The summed E-state index contributed by atoms with van der Waals surface area (Å²) >= 11 is 0. The average Bonchev–Trinajstić information content (AvgIpc) is 2.55. The van der Waals surface area contributed by atoms with Crippen molar-refractivity contribution in [3.8, 4) is 0 Å². The Morgan fingerprint density at radius 3 is 2.67 bits per heavy atom. The van der Waals surface area contributed by atoms with Crippen LogP contribution in [0.3, 0.4) is 0 Å². The first-order valence-electron chi connectivity index (χ1n) is 8.94. The van der Waals surface area contributed by atoms with E-state index in [1.54, 1.807) is 0 Å². The molecule has 0 bridgehead atoms. The summed E-state index contributed by atoms with van der Waals surface area (Å²) in [4.78, 5) is 7.11. The molecule has 0 aliphatic carbocycles. The normalized spacial score (nSPS) is 16.4. The summed E-state index contributed by atoms with van der Waals surface area (Å²) in [6.07, 6.45) is 3.36. The maximum Gasteiger partial charge on any atom is 0.188 e. The lowest BCUT2D eigenvalue weighted by molar-refractivity contribution is 0.178. The molecule has 1 atom stereocenters. The lowest BCUT2D eigenvalue weighted by atomic mass is 9.98. The number of rotatable bonds is 7. The van der Waals surface area contributed by atoms with E-state index < -0.39 is 0 Å². The quantitative estimate of drug-likeness (QED) is 0.385. The van der Waals surface area contributed by atoms with Crippen LogP contribution < -0.4 is 11.1 Å². The topological polar surface area (TPSA) is 53.6 Å².